The monoisotopic (exact) mass is 255 g/mol. The summed E-state index contributed by atoms with van der Waals surface area (Å²) in [5.74, 6) is -0.996. The molecular weight excluding hydrogens is 238 g/mol. The zero-order chi connectivity index (χ0) is 12.7. The molecule has 1 aromatic carbocycles. The molecule has 3 nitrogen and oxygen atoms in total. The SMILES string of the molecule is CCCCCCNc1ccc(Cl)c(C(=O)O)c1. The highest BCUT2D eigenvalue weighted by atomic mass is 35.5. The summed E-state index contributed by atoms with van der Waals surface area (Å²) in [5, 5.41) is 12.4. The summed E-state index contributed by atoms with van der Waals surface area (Å²) in [7, 11) is 0. The zero-order valence-corrected chi connectivity index (χ0v) is 10.8. The molecule has 0 saturated heterocycles. The average molecular weight is 256 g/mol. The predicted molar refractivity (Wildman–Crippen MR) is 71.0 cm³/mol. The Labute approximate surface area is 107 Å². The number of benzene rings is 1. The van der Waals surface area contributed by atoms with Crippen LogP contribution in [0.3, 0.4) is 0 Å². The van der Waals surface area contributed by atoms with Gasteiger partial charge in [-0.25, -0.2) is 4.79 Å². The van der Waals surface area contributed by atoms with Crippen molar-refractivity contribution in [2.75, 3.05) is 11.9 Å². The number of anilines is 1. The number of halogens is 1. The fourth-order valence-electron chi connectivity index (χ4n) is 1.58. The van der Waals surface area contributed by atoms with Crippen LogP contribution in [0.1, 0.15) is 43.0 Å². The standard InChI is InChI=1S/C13H18ClNO2/c1-2-3-4-5-8-15-10-6-7-12(14)11(9-10)13(16)17/h6-7,9,15H,2-5,8H2,1H3,(H,16,17). The molecule has 17 heavy (non-hydrogen) atoms. The lowest BCUT2D eigenvalue weighted by Crippen LogP contribution is -2.04. The van der Waals surface area contributed by atoms with E-state index >= 15 is 0 Å². The van der Waals surface area contributed by atoms with Crippen molar-refractivity contribution in [1.29, 1.82) is 0 Å². The van der Waals surface area contributed by atoms with E-state index in [-0.39, 0.29) is 10.6 Å². The van der Waals surface area contributed by atoms with Gasteiger partial charge in [-0.15, -0.1) is 0 Å². The van der Waals surface area contributed by atoms with Gasteiger partial charge in [0, 0.05) is 12.2 Å². The molecule has 0 fully saturated rings. The molecule has 0 heterocycles. The first kappa shape index (κ1) is 13.8. The Morgan fingerprint density at radius 1 is 1.35 bits per heavy atom. The van der Waals surface area contributed by atoms with Gasteiger partial charge in [0.15, 0.2) is 0 Å². The molecule has 0 radical (unpaired) electrons. The molecule has 0 aliphatic heterocycles. The first-order chi connectivity index (χ1) is 8.15. The first-order valence-electron chi connectivity index (χ1n) is 5.92. The van der Waals surface area contributed by atoms with Crippen LogP contribution < -0.4 is 5.32 Å². The second kappa shape index (κ2) is 7.17. The van der Waals surface area contributed by atoms with Gasteiger partial charge < -0.3 is 10.4 Å². The summed E-state index contributed by atoms with van der Waals surface area (Å²) in [5.41, 5.74) is 0.952. The third kappa shape index (κ3) is 4.65. The van der Waals surface area contributed by atoms with Crippen molar-refractivity contribution < 1.29 is 9.90 Å². The minimum atomic E-state index is -0.996. The van der Waals surface area contributed by atoms with Crippen LogP contribution in [0.15, 0.2) is 18.2 Å². The van der Waals surface area contributed by atoms with Crippen LogP contribution in [0.25, 0.3) is 0 Å². The van der Waals surface area contributed by atoms with E-state index in [0.717, 1.165) is 18.7 Å². The van der Waals surface area contributed by atoms with Crippen LogP contribution in [-0.2, 0) is 0 Å². The lowest BCUT2D eigenvalue weighted by molar-refractivity contribution is 0.0697. The molecule has 0 spiro atoms. The Morgan fingerprint density at radius 2 is 2.12 bits per heavy atom. The van der Waals surface area contributed by atoms with Gasteiger partial charge in [0.1, 0.15) is 0 Å². The van der Waals surface area contributed by atoms with Gasteiger partial charge >= 0.3 is 5.97 Å². The minimum Gasteiger partial charge on any atom is -0.478 e. The number of unbranched alkanes of at least 4 members (excludes halogenated alkanes) is 3. The first-order valence-corrected chi connectivity index (χ1v) is 6.29. The summed E-state index contributed by atoms with van der Waals surface area (Å²) >= 11 is 5.79. The van der Waals surface area contributed by atoms with E-state index in [9.17, 15) is 4.79 Å². The fraction of sp³-hybridized carbons (Fsp3) is 0.462. The number of carboxylic acids is 1. The van der Waals surface area contributed by atoms with Crippen molar-refractivity contribution in [1.82, 2.24) is 0 Å². The number of hydrogen-bond acceptors (Lipinski definition) is 2. The Bertz CT molecular complexity index is 380. The maximum atomic E-state index is 10.9. The van der Waals surface area contributed by atoms with Gasteiger partial charge in [-0.3, -0.25) is 0 Å². The molecular formula is C13H18ClNO2. The van der Waals surface area contributed by atoms with E-state index in [1.54, 1.807) is 18.2 Å². The van der Waals surface area contributed by atoms with Gasteiger partial charge in [0.2, 0.25) is 0 Å². The Morgan fingerprint density at radius 3 is 2.76 bits per heavy atom. The number of nitrogens with one attached hydrogen (secondary N) is 1. The molecule has 0 aromatic heterocycles. The van der Waals surface area contributed by atoms with E-state index in [1.165, 1.54) is 19.3 Å². The summed E-state index contributed by atoms with van der Waals surface area (Å²) in [6, 6.07) is 4.98. The number of carboxylic acid groups (broad SMARTS) is 1. The predicted octanol–water partition coefficient (Wildman–Crippen LogP) is 4.03. The molecule has 0 unspecified atom stereocenters. The van der Waals surface area contributed by atoms with Crippen molar-refractivity contribution in [3.63, 3.8) is 0 Å². The second-order valence-electron chi connectivity index (χ2n) is 3.99. The van der Waals surface area contributed by atoms with E-state index in [4.69, 9.17) is 16.7 Å². The fourth-order valence-corrected chi connectivity index (χ4v) is 1.78. The largest absolute Gasteiger partial charge is 0.478 e. The van der Waals surface area contributed by atoms with Gasteiger partial charge in [0.25, 0.3) is 0 Å². The smallest absolute Gasteiger partial charge is 0.337 e. The van der Waals surface area contributed by atoms with Crippen LogP contribution >= 0.6 is 11.6 Å². The molecule has 94 valence electrons. The highest BCUT2D eigenvalue weighted by molar-refractivity contribution is 6.33. The number of carbonyl (C=O) groups is 1. The molecule has 0 atom stereocenters. The zero-order valence-electron chi connectivity index (χ0n) is 10.0. The van der Waals surface area contributed by atoms with Gasteiger partial charge in [0.05, 0.1) is 10.6 Å². The van der Waals surface area contributed by atoms with Crippen LogP contribution in [0.4, 0.5) is 5.69 Å². The van der Waals surface area contributed by atoms with Crippen molar-refractivity contribution >= 4 is 23.3 Å². The Hall–Kier alpha value is -1.22. The molecule has 0 bridgehead atoms. The van der Waals surface area contributed by atoms with Crippen molar-refractivity contribution in [2.24, 2.45) is 0 Å². The highest BCUT2D eigenvalue weighted by Gasteiger charge is 2.08. The van der Waals surface area contributed by atoms with Crippen LogP contribution in [-0.4, -0.2) is 17.6 Å². The summed E-state index contributed by atoms with van der Waals surface area (Å²) in [6.07, 6.45) is 4.74. The second-order valence-corrected chi connectivity index (χ2v) is 4.39. The molecule has 0 saturated carbocycles. The summed E-state index contributed by atoms with van der Waals surface area (Å²) < 4.78 is 0. The van der Waals surface area contributed by atoms with E-state index in [1.807, 2.05) is 0 Å². The van der Waals surface area contributed by atoms with E-state index in [0.29, 0.717) is 0 Å². The maximum absolute atomic E-state index is 10.9. The normalized spacial score (nSPS) is 10.2. The van der Waals surface area contributed by atoms with E-state index < -0.39 is 5.97 Å². The van der Waals surface area contributed by atoms with Crippen LogP contribution in [0, 0.1) is 0 Å². The van der Waals surface area contributed by atoms with Crippen molar-refractivity contribution in [3.05, 3.63) is 28.8 Å². The quantitative estimate of drug-likeness (QED) is 0.723. The van der Waals surface area contributed by atoms with Crippen molar-refractivity contribution in [2.45, 2.75) is 32.6 Å². The summed E-state index contributed by atoms with van der Waals surface area (Å²) in [4.78, 5) is 10.9. The molecule has 4 heteroatoms. The van der Waals surface area contributed by atoms with Crippen molar-refractivity contribution in [3.8, 4) is 0 Å². The maximum Gasteiger partial charge on any atom is 0.337 e. The van der Waals surface area contributed by atoms with Gasteiger partial charge in [-0.2, -0.15) is 0 Å². The third-order valence-electron chi connectivity index (χ3n) is 2.56. The van der Waals surface area contributed by atoms with Gasteiger partial charge in [-0.1, -0.05) is 37.8 Å². The number of hydrogen-bond donors (Lipinski definition) is 2. The molecule has 1 aromatic rings. The topological polar surface area (TPSA) is 49.3 Å². The van der Waals surface area contributed by atoms with Crippen LogP contribution in [0.5, 0.6) is 0 Å². The number of rotatable bonds is 7. The lowest BCUT2D eigenvalue weighted by Gasteiger charge is -2.07. The number of aromatic carboxylic acids is 1. The van der Waals surface area contributed by atoms with E-state index in [2.05, 4.69) is 12.2 Å². The third-order valence-corrected chi connectivity index (χ3v) is 2.89. The molecule has 1 rings (SSSR count). The molecule has 2 N–H and O–H groups in total. The molecule has 0 amide bonds. The minimum absolute atomic E-state index is 0.144. The lowest BCUT2D eigenvalue weighted by atomic mass is 10.2. The highest BCUT2D eigenvalue weighted by Crippen LogP contribution is 2.20. The van der Waals surface area contributed by atoms with Gasteiger partial charge in [-0.05, 0) is 24.6 Å². The Kier molecular flexibility index (Phi) is 5.84. The summed E-state index contributed by atoms with van der Waals surface area (Å²) in [6.45, 7) is 3.03. The molecule has 0 aliphatic carbocycles. The average Bonchev–Trinajstić information content (AvgIpc) is 2.30. The Balaban J connectivity index is 2.49. The van der Waals surface area contributed by atoms with Crippen LogP contribution in [0.2, 0.25) is 5.02 Å². The molecule has 0 aliphatic rings.